The highest BCUT2D eigenvalue weighted by Gasteiger charge is 2.16. The van der Waals surface area contributed by atoms with E-state index in [1.807, 2.05) is 19.2 Å². The molecule has 1 aromatic heterocycles. The zero-order chi connectivity index (χ0) is 10.8. The second-order valence-corrected chi connectivity index (χ2v) is 5.10. The summed E-state index contributed by atoms with van der Waals surface area (Å²) in [5.41, 5.74) is 8.53. The van der Waals surface area contributed by atoms with Gasteiger partial charge in [0.2, 0.25) is 0 Å². The van der Waals surface area contributed by atoms with E-state index in [1.54, 1.807) is 0 Å². The molecule has 0 radical (unpaired) electrons. The zero-order valence-corrected chi connectivity index (χ0v) is 9.54. The van der Waals surface area contributed by atoms with Crippen LogP contribution in [0.4, 0.5) is 0 Å². The Hall–Kier alpha value is -0.890. The van der Waals surface area contributed by atoms with Gasteiger partial charge in [0.25, 0.3) is 0 Å². The van der Waals surface area contributed by atoms with Gasteiger partial charge in [-0.05, 0) is 30.4 Å². The molecule has 1 rings (SSSR count). The highest BCUT2D eigenvalue weighted by molar-refractivity contribution is 5.16. The molecule has 0 saturated carbocycles. The number of rotatable bonds is 2. The highest BCUT2D eigenvalue weighted by Crippen LogP contribution is 2.27. The van der Waals surface area contributed by atoms with Gasteiger partial charge in [-0.15, -0.1) is 0 Å². The first-order valence-corrected chi connectivity index (χ1v) is 5.06. The third kappa shape index (κ3) is 3.46. The van der Waals surface area contributed by atoms with Crippen molar-refractivity contribution in [1.29, 1.82) is 0 Å². The quantitative estimate of drug-likeness (QED) is 0.782. The van der Waals surface area contributed by atoms with Crippen LogP contribution in [-0.4, -0.2) is 4.98 Å². The lowest BCUT2D eigenvalue weighted by atomic mass is 9.86. The van der Waals surface area contributed by atoms with Gasteiger partial charge >= 0.3 is 0 Å². The van der Waals surface area contributed by atoms with E-state index in [0.29, 0.717) is 0 Å². The predicted molar refractivity (Wildman–Crippen MR) is 60.0 cm³/mol. The molecule has 1 unspecified atom stereocenters. The number of hydrogen-bond donors (Lipinski definition) is 1. The monoisotopic (exact) mass is 192 g/mol. The van der Waals surface area contributed by atoms with E-state index in [9.17, 15) is 0 Å². The first-order chi connectivity index (χ1) is 6.38. The molecular weight excluding hydrogens is 172 g/mol. The Morgan fingerprint density at radius 1 is 1.36 bits per heavy atom. The summed E-state index contributed by atoms with van der Waals surface area (Å²) in [5.74, 6) is 0. The summed E-state index contributed by atoms with van der Waals surface area (Å²) in [6, 6.07) is 4.18. The molecule has 0 aliphatic carbocycles. The lowest BCUT2D eigenvalue weighted by molar-refractivity contribution is 0.342. The summed E-state index contributed by atoms with van der Waals surface area (Å²) in [6.07, 6.45) is 2.86. The van der Waals surface area contributed by atoms with Gasteiger partial charge in [-0.25, -0.2) is 0 Å². The number of aromatic nitrogens is 1. The van der Waals surface area contributed by atoms with E-state index in [-0.39, 0.29) is 11.5 Å². The molecule has 2 N–H and O–H groups in total. The Balaban J connectivity index is 2.70. The zero-order valence-electron chi connectivity index (χ0n) is 9.54. The minimum atomic E-state index is 0.100. The van der Waals surface area contributed by atoms with E-state index in [2.05, 4.69) is 31.8 Å². The highest BCUT2D eigenvalue weighted by atomic mass is 14.7. The summed E-state index contributed by atoms with van der Waals surface area (Å²) in [5, 5.41) is 0. The molecule has 78 valence electrons. The van der Waals surface area contributed by atoms with Gasteiger partial charge in [-0.1, -0.05) is 26.8 Å². The lowest BCUT2D eigenvalue weighted by Gasteiger charge is -2.23. The minimum Gasteiger partial charge on any atom is -0.324 e. The minimum absolute atomic E-state index is 0.100. The van der Waals surface area contributed by atoms with Gasteiger partial charge in [0, 0.05) is 17.9 Å². The standard InChI is InChI=1S/C12H20N2/c1-9-5-6-10(8-14-9)11(13)7-12(2,3)4/h5-6,8,11H,7,13H2,1-4H3. The number of aryl methyl sites for hydroxylation is 1. The van der Waals surface area contributed by atoms with Gasteiger partial charge in [0.15, 0.2) is 0 Å². The average Bonchev–Trinajstić information content (AvgIpc) is 2.02. The second-order valence-electron chi connectivity index (χ2n) is 5.10. The van der Waals surface area contributed by atoms with Crippen LogP contribution in [-0.2, 0) is 0 Å². The largest absolute Gasteiger partial charge is 0.324 e. The van der Waals surface area contributed by atoms with Crippen LogP contribution in [0.2, 0.25) is 0 Å². The van der Waals surface area contributed by atoms with E-state index in [1.165, 1.54) is 0 Å². The third-order valence-electron chi connectivity index (χ3n) is 2.19. The summed E-state index contributed by atoms with van der Waals surface area (Å²) >= 11 is 0. The van der Waals surface area contributed by atoms with Gasteiger partial charge < -0.3 is 5.73 Å². The lowest BCUT2D eigenvalue weighted by Crippen LogP contribution is -2.18. The van der Waals surface area contributed by atoms with Crippen molar-refractivity contribution in [2.45, 2.75) is 40.2 Å². The van der Waals surface area contributed by atoms with Crippen LogP contribution >= 0.6 is 0 Å². The fourth-order valence-electron chi connectivity index (χ4n) is 1.48. The Kier molecular flexibility index (Phi) is 3.27. The molecule has 0 fully saturated rings. The fraction of sp³-hybridized carbons (Fsp3) is 0.583. The molecule has 0 bridgehead atoms. The molecule has 0 aliphatic heterocycles. The summed E-state index contributed by atoms with van der Waals surface area (Å²) < 4.78 is 0. The Bertz CT molecular complexity index is 282. The van der Waals surface area contributed by atoms with Crippen molar-refractivity contribution in [2.24, 2.45) is 11.1 Å². The van der Waals surface area contributed by atoms with Gasteiger partial charge in [-0.2, -0.15) is 0 Å². The second kappa shape index (κ2) is 4.09. The summed E-state index contributed by atoms with van der Waals surface area (Å²) in [6.45, 7) is 8.59. The summed E-state index contributed by atoms with van der Waals surface area (Å²) in [7, 11) is 0. The maximum atomic E-state index is 6.09. The fourth-order valence-corrected chi connectivity index (χ4v) is 1.48. The van der Waals surface area contributed by atoms with Gasteiger partial charge in [-0.3, -0.25) is 4.98 Å². The molecule has 1 heterocycles. The van der Waals surface area contributed by atoms with Crippen LogP contribution in [0.15, 0.2) is 18.3 Å². The first-order valence-electron chi connectivity index (χ1n) is 5.06. The van der Waals surface area contributed by atoms with Crippen molar-refractivity contribution in [3.8, 4) is 0 Å². The van der Waals surface area contributed by atoms with Crippen molar-refractivity contribution in [3.63, 3.8) is 0 Å². The Morgan fingerprint density at radius 2 is 2.00 bits per heavy atom. The first kappa shape index (κ1) is 11.2. The molecule has 0 spiro atoms. The van der Waals surface area contributed by atoms with E-state index >= 15 is 0 Å². The van der Waals surface area contributed by atoms with Crippen LogP contribution in [0.5, 0.6) is 0 Å². The normalized spacial score (nSPS) is 14.1. The Labute approximate surface area is 86.5 Å². The molecule has 2 heteroatoms. The number of nitrogens with zero attached hydrogens (tertiary/aromatic N) is 1. The maximum Gasteiger partial charge on any atom is 0.0372 e. The smallest absolute Gasteiger partial charge is 0.0372 e. The molecule has 0 saturated heterocycles. The molecule has 14 heavy (non-hydrogen) atoms. The third-order valence-corrected chi connectivity index (χ3v) is 2.19. The van der Waals surface area contributed by atoms with Crippen LogP contribution in [0.3, 0.4) is 0 Å². The van der Waals surface area contributed by atoms with Crippen LogP contribution in [0.25, 0.3) is 0 Å². The SMILES string of the molecule is Cc1ccc(C(N)CC(C)(C)C)cn1. The number of pyridine rings is 1. The summed E-state index contributed by atoms with van der Waals surface area (Å²) in [4.78, 5) is 4.25. The number of nitrogens with two attached hydrogens (primary N) is 1. The topological polar surface area (TPSA) is 38.9 Å². The molecule has 0 aliphatic rings. The average molecular weight is 192 g/mol. The van der Waals surface area contributed by atoms with Crippen molar-refractivity contribution in [1.82, 2.24) is 4.98 Å². The maximum absolute atomic E-state index is 6.09. The van der Waals surface area contributed by atoms with Crippen molar-refractivity contribution < 1.29 is 0 Å². The van der Waals surface area contributed by atoms with Gasteiger partial charge in [0.1, 0.15) is 0 Å². The van der Waals surface area contributed by atoms with Crippen LogP contribution in [0.1, 0.15) is 44.5 Å². The van der Waals surface area contributed by atoms with Crippen molar-refractivity contribution >= 4 is 0 Å². The van der Waals surface area contributed by atoms with Crippen molar-refractivity contribution in [2.75, 3.05) is 0 Å². The number of hydrogen-bond acceptors (Lipinski definition) is 2. The van der Waals surface area contributed by atoms with Crippen LogP contribution < -0.4 is 5.73 Å². The van der Waals surface area contributed by atoms with Gasteiger partial charge in [0.05, 0.1) is 0 Å². The molecule has 0 amide bonds. The predicted octanol–water partition coefficient (Wildman–Crippen LogP) is 2.83. The van der Waals surface area contributed by atoms with E-state index < -0.39 is 0 Å². The molecule has 1 atom stereocenters. The molecular formula is C12H20N2. The molecule has 0 aromatic carbocycles. The van der Waals surface area contributed by atoms with Crippen molar-refractivity contribution in [3.05, 3.63) is 29.6 Å². The van der Waals surface area contributed by atoms with E-state index in [0.717, 1.165) is 17.7 Å². The van der Waals surface area contributed by atoms with Crippen LogP contribution in [0, 0.1) is 12.3 Å². The van der Waals surface area contributed by atoms with E-state index in [4.69, 9.17) is 5.73 Å². The molecule has 2 nitrogen and oxygen atoms in total. The molecule has 1 aromatic rings. The Morgan fingerprint density at radius 3 is 2.43 bits per heavy atom.